The number of hydrogen-bond donors (Lipinski definition) is 1. The zero-order chi connectivity index (χ0) is 23.8. The summed E-state index contributed by atoms with van der Waals surface area (Å²) in [7, 11) is 0. The minimum atomic E-state index is -0.0792. The molecule has 0 amide bonds. The van der Waals surface area contributed by atoms with Crippen LogP contribution in [0.3, 0.4) is 0 Å². The summed E-state index contributed by atoms with van der Waals surface area (Å²) in [6.45, 7) is 7.13. The summed E-state index contributed by atoms with van der Waals surface area (Å²) in [5.74, 6) is 0. The van der Waals surface area contributed by atoms with Gasteiger partial charge in [0.1, 0.15) is 0 Å². The lowest BCUT2D eigenvalue weighted by Gasteiger charge is -2.28. The normalized spacial score (nSPS) is 17.8. The van der Waals surface area contributed by atoms with Gasteiger partial charge in [-0.05, 0) is 81.0 Å². The molecule has 7 heteroatoms. The van der Waals surface area contributed by atoms with E-state index in [1.54, 1.807) is 0 Å². The highest BCUT2D eigenvalue weighted by atomic mass is 35.5. The van der Waals surface area contributed by atoms with Gasteiger partial charge in [0.05, 0.1) is 30.0 Å². The molecule has 0 aliphatic carbocycles. The summed E-state index contributed by atoms with van der Waals surface area (Å²) in [6, 6.07) is 19.9. The van der Waals surface area contributed by atoms with Crippen LogP contribution in [0.15, 0.2) is 73.1 Å². The van der Waals surface area contributed by atoms with E-state index in [0.29, 0.717) is 11.7 Å². The summed E-state index contributed by atoms with van der Waals surface area (Å²) in [6.07, 6.45) is 3.66. The van der Waals surface area contributed by atoms with Gasteiger partial charge in [-0.3, -0.25) is 9.97 Å². The summed E-state index contributed by atoms with van der Waals surface area (Å²) in [5.41, 5.74) is 7.82. The van der Waals surface area contributed by atoms with Gasteiger partial charge >= 0.3 is 0 Å². The molecule has 1 N–H and O–H groups in total. The van der Waals surface area contributed by atoms with Crippen molar-refractivity contribution in [1.29, 1.82) is 0 Å². The number of benzene rings is 1. The molecule has 0 saturated carbocycles. The number of nitrogens with one attached hydrogen (secondary N) is 1. The van der Waals surface area contributed by atoms with E-state index in [0.717, 1.165) is 22.1 Å². The van der Waals surface area contributed by atoms with Crippen LogP contribution in [0.5, 0.6) is 0 Å². The molecule has 0 bridgehead atoms. The van der Waals surface area contributed by atoms with E-state index in [1.807, 2.05) is 60.9 Å². The molecule has 1 aliphatic heterocycles. The summed E-state index contributed by atoms with van der Waals surface area (Å²) in [4.78, 5) is 11.5. The first-order valence-electron chi connectivity index (χ1n) is 11.3. The van der Waals surface area contributed by atoms with E-state index < -0.39 is 0 Å². The van der Waals surface area contributed by atoms with Gasteiger partial charge in [-0.15, -0.1) is 0 Å². The quantitative estimate of drug-likeness (QED) is 0.349. The summed E-state index contributed by atoms with van der Waals surface area (Å²) >= 11 is 12.2. The molecule has 5 rings (SSSR count). The second kappa shape index (κ2) is 9.20. The van der Waals surface area contributed by atoms with Gasteiger partial charge in [0.15, 0.2) is 5.11 Å². The average molecular weight is 488 g/mol. The number of rotatable bonds is 5. The van der Waals surface area contributed by atoms with E-state index in [-0.39, 0.29) is 12.1 Å². The van der Waals surface area contributed by atoms with Crippen LogP contribution < -0.4 is 5.32 Å². The minimum Gasteiger partial charge on any atom is -0.352 e. The van der Waals surface area contributed by atoms with Gasteiger partial charge in [0.2, 0.25) is 0 Å². The number of halogens is 1. The van der Waals surface area contributed by atoms with Crippen LogP contribution in [0.4, 0.5) is 0 Å². The molecule has 1 aliphatic rings. The molecule has 1 saturated heterocycles. The van der Waals surface area contributed by atoms with Gasteiger partial charge in [-0.25, -0.2) is 0 Å². The molecule has 4 aromatic rings. The molecule has 0 unspecified atom stereocenters. The van der Waals surface area contributed by atoms with Gasteiger partial charge in [0.25, 0.3) is 0 Å². The standard InChI is InChI=1S/C27H26ClN5S/c1-17-18(2)33(22-11-8-9-20(28)15-22)19(3)24(17)26-25(23-12-5-7-14-30-23)31-27(34)32(26)16-21-10-4-6-13-29-21/h4-15,25-26H,16H2,1-3H3,(H,31,34)/t25-,26-/m0/s1. The number of nitrogens with zero attached hydrogens (tertiary/aromatic N) is 4. The maximum atomic E-state index is 6.35. The lowest BCUT2D eigenvalue weighted by atomic mass is 9.93. The van der Waals surface area contributed by atoms with E-state index in [4.69, 9.17) is 23.8 Å². The molecule has 4 heterocycles. The Balaban J connectivity index is 1.67. The van der Waals surface area contributed by atoms with Crippen molar-refractivity contribution in [3.05, 3.63) is 112 Å². The predicted octanol–water partition coefficient (Wildman–Crippen LogP) is 6.02. The third-order valence-electron chi connectivity index (χ3n) is 6.63. The smallest absolute Gasteiger partial charge is 0.170 e. The van der Waals surface area contributed by atoms with Crippen molar-refractivity contribution in [1.82, 2.24) is 24.8 Å². The van der Waals surface area contributed by atoms with Crippen molar-refractivity contribution >= 4 is 28.9 Å². The van der Waals surface area contributed by atoms with Crippen molar-refractivity contribution in [3.8, 4) is 5.69 Å². The lowest BCUT2D eigenvalue weighted by molar-refractivity contribution is 0.306. The Bertz CT molecular complexity index is 1340. The Morgan fingerprint density at radius 2 is 1.71 bits per heavy atom. The Morgan fingerprint density at radius 3 is 2.38 bits per heavy atom. The fourth-order valence-electron chi connectivity index (χ4n) is 5.00. The molecule has 1 fully saturated rings. The molecular weight excluding hydrogens is 462 g/mol. The minimum absolute atomic E-state index is 0.0384. The van der Waals surface area contributed by atoms with Gasteiger partial charge < -0.3 is 14.8 Å². The number of hydrogen-bond acceptors (Lipinski definition) is 3. The van der Waals surface area contributed by atoms with Crippen LogP contribution in [-0.4, -0.2) is 24.5 Å². The zero-order valence-electron chi connectivity index (χ0n) is 19.4. The van der Waals surface area contributed by atoms with Crippen LogP contribution in [0.25, 0.3) is 5.69 Å². The third-order valence-corrected chi connectivity index (χ3v) is 7.21. The second-order valence-electron chi connectivity index (χ2n) is 8.60. The Labute approximate surface area is 210 Å². The monoisotopic (exact) mass is 487 g/mol. The fourth-order valence-corrected chi connectivity index (χ4v) is 5.49. The van der Waals surface area contributed by atoms with Gasteiger partial charge in [0, 0.05) is 40.1 Å². The largest absolute Gasteiger partial charge is 0.352 e. The second-order valence-corrected chi connectivity index (χ2v) is 9.42. The summed E-state index contributed by atoms with van der Waals surface area (Å²) in [5, 5.41) is 4.98. The van der Waals surface area contributed by atoms with Crippen molar-refractivity contribution < 1.29 is 0 Å². The molecule has 34 heavy (non-hydrogen) atoms. The van der Waals surface area contributed by atoms with Crippen LogP contribution in [0.2, 0.25) is 5.02 Å². The first-order chi connectivity index (χ1) is 16.5. The lowest BCUT2D eigenvalue weighted by Crippen LogP contribution is -2.30. The average Bonchev–Trinajstić information content (AvgIpc) is 3.27. The maximum Gasteiger partial charge on any atom is 0.170 e. The van der Waals surface area contributed by atoms with Crippen LogP contribution in [-0.2, 0) is 6.54 Å². The van der Waals surface area contributed by atoms with Crippen molar-refractivity contribution in [2.75, 3.05) is 0 Å². The van der Waals surface area contributed by atoms with Crippen LogP contribution in [0, 0.1) is 20.8 Å². The number of thiocarbonyl (C=S) groups is 1. The van der Waals surface area contributed by atoms with Crippen LogP contribution >= 0.6 is 23.8 Å². The Kier molecular flexibility index (Phi) is 6.11. The van der Waals surface area contributed by atoms with Crippen molar-refractivity contribution in [2.45, 2.75) is 39.4 Å². The first kappa shape index (κ1) is 22.6. The van der Waals surface area contributed by atoms with Crippen LogP contribution in [0.1, 0.15) is 46.0 Å². The number of aromatic nitrogens is 3. The molecule has 3 aromatic heterocycles. The van der Waals surface area contributed by atoms with E-state index in [1.165, 1.54) is 22.5 Å². The topological polar surface area (TPSA) is 46.0 Å². The van der Waals surface area contributed by atoms with E-state index in [2.05, 4.69) is 57.7 Å². The predicted molar refractivity (Wildman–Crippen MR) is 140 cm³/mol. The molecule has 0 spiro atoms. The summed E-state index contributed by atoms with van der Waals surface area (Å²) < 4.78 is 2.28. The molecule has 1 aromatic carbocycles. The maximum absolute atomic E-state index is 6.35. The highest BCUT2D eigenvalue weighted by Gasteiger charge is 2.42. The zero-order valence-corrected chi connectivity index (χ0v) is 20.9. The van der Waals surface area contributed by atoms with E-state index in [9.17, 15) is 0 Å². The highest BCUT2D eigenvalue weighted by molar-refractivity contribution is 7.80. The van der Waals surface area contributed by atoms with Crippen molar-refractivity contribution in [2.24, 2.45) is 0 Å². The first-order valence-corrected chi connectivity index (χ1v) is 12.1. The number of pyridine rings is 2. The Hall–Kier alpha value is -3.22. The van der Waals surface area contributed by atoms with E-state index >= 15 is 0 Å². The van der Waals surface area contributed by atoms with Gasteiger partial charge in [-0.1, -0.05) is 29.8 Å². The highest BCUT2D eigenvalue weighted by Crippen LogP contribution is 2.44. The fraction of sp³-hybridized carbons (Fsp3) is 0.222. The molecular formula is C27H26ClN5S. The third kappa shape index (κ3) is 3.97. The molecule has 172 valence electrons. The van der Waals surface area contributed by atoms with Crippen molar-refractivity contribution in [3.63, 3.8) is 0 Å². The molecule has 5 nitrogen and oxygen atoms in total. The molecule has 2 atom stereocenters. The van der Waals surface area contributed by atoms with Gasteiger partial charge in [-0.2, -0.15) is 0 Å². The molecule has 0 radical (unpaired) electrons. The Morgan fingerprint density at radius 1 is 0.941 bits per heavy atom. The SMILES string of the molecule is Cc1c([C@H]2[C@H](c3ccccn3)NC(=S)N2Cc2ccccn2)c(C)n(-c2cccc(Cl)c2)c1C.